The summed E-state index contributed by atoms with van der Waals surface area (Å²) in [6.45, 7) is 4.49. The fraction of sp³-hybridized carbons (Fsp3) is 0.333. The maximum absolute atomic E-state index is 11.3. The Bertz CT molecular complexity index is 1780. The Morgan fingerprint density at radius 2 is 1.53 bits per heavy atom. The molecule has 2 aliphatic rings. The van der Waals surface area contributed by atoms with Gasteiger partial charge in [-0.25, -0.2) is 9.97 Å². The number of methoxy groups -OCH3 is 2. The summed E-state index contributed by atoms with van der Waals surface area (Å²) in [5.41, 5.74) is 5.91. The Morgan fingerprint density at radius 1 is 0.933 bits per heavy atom. The predicted molar refractivity (Wildman–Crippen MR) is 172 cm³/mol. The number of β-amino-alcohol motifs (C(OH)–C–C–N with tert-alkyl or cyclic N) is 1. The lowest BCUT2D eigenvalue weighted by Gasteiger charge is -2.44. The van der Waals surface area contributed by atoms with E-state index in [-0.39, 0.29) is 6.54 Å². The average molecular weight is 651 g/mol. The first-order chi connectivity index (χ1) is 21.6. The molecule has 0 bridgehead atoms. The number of aliphatic carboxylic acids is 1. The number of carboxylic acids is 1. The van der Waals surface area contributed by atoms with Gasteiger partial charge in [0.25, 0.3) is 0 Å². The van der Waals surface area contributed by atoms with E-state index >= 15 is 0 Å². The van der Waals surface area contributed by atoms with Crippen LogP contribution in [-0.2, 0) is 24.3 Å². The highest BCUT2D eigenvalue weighted by Crippen LogP contribution is 2.43. The van der Waals surface area contributed by atoms with Crippen molar-refractivity contribution >= 4 is 29.2 Å². The fourth-order valence-electron chi connectivity index (χ4n) is 6.15. The van der Waals surface area contributed by atoms with Crippen molar-refractivity contribution in [3.05, 3.63) is 75.5 Å². The topological polar surface area (TPSA) is 121 Å². The van der Waals surface area contributed by atoms with Crippen molar-refractivity contribution in [2.75, 3.05) is 40.4 Å². The second-order valence-electron chi connectivity index (χ2n) is 11.7. The number of carboxylic acid groups (broad SMARTS) is 1. The van der Waals surface area contributed by atoms with Gasteiger partial charge < -0.3 is 19.7 Å². The van der Waals surface area contributed by atoms with Crippen LogP contribution in [-0.4, -0.2) is 86.9 Å². The van der Waals surface area contributed by atoms with Crippen LogP contribution in [0.15, 0.2) is 48.7 Å². The molecule has 1 fully saturated rings. The molecule has 1 saturated heterocycles. The van der Waals surface area contributed by atoms with Gasteiger partial charge in [-0.15, -0.1) is 0 Å². The normalized spacial score (nSPS) is 16.1. The number of aromatic nitrogens is 3. The van der Waals surface area contributed by atoms with Gasteiger partial charge in [-0.05, 0) is 25.0 Å². The fourth-order valence-corrected chi connectivity index (χ4v) is 6.79. The van der Waals surface area contributed by atoms with Gasteiger partial charge in [0.15, 0.2) is 0 Å². The van der Waals surface area contributed by atoms with Crippen molar-refractivity contribution in [1.82, 2.24) is 24.8 Å². The van der Waals surface area contributed by atoms with Gasteiger partial charge in [0, 0.05) is 60.5 Å². The largest absolute Gasteiger partial charge is 0.481 e. The number of benzene rings is 2. The van der Waals surface area contributed by atoms with E-state index in [1.165, 1.54) is 0 Å². The molecule has 2 aromatic carbocycles. The highest BCUT2D eigenvalue weighted by Gasteiger charge is 2.37. The van der Waals surface area contributed by atoms with E-state index in [2.05, 4.69) is 9.88 Å². The minimum atomic E-state index is -0.864. The Balaban J connectivity index is 1.34. The Hall–Kier alpha value is -3.80. The SMILES string of the molecule is COc1nc(-c2cccc(-c3cccc(-c4cc5c(c(OC)n4)CCN(CC(=O)O)C5)c3Cl)c2Cl)cnc1CN1CC(C)(O)C1. The van der Waals surface area contributed by atoms with Gasteiger partial charge in [-0.1, -0.05) is 59.6 Å². The van der Waals surface area contributed by atoms with Crippen LogP contribution in [0.4, 0.5) is 0 Å². The molecule has 45 heavy (non-hydrogen) atoms. The Morgan fingerprint density at radius 3 is 2.13 bits per heavy atom. The lowest BCUT2D eigenvalue weighted by molar-refractivity contribution is -0.138. The zero-order valence-electron chi connectivity index (χ0n) is 25.2. The maximum Gasteiger partial charge on any atom is 0.317 e. The second-order valence-corrected chi connectivity index (χ2v) is 12.5. The highest BCUT2D eigenvalue weighted by molar-refractivity contribution is 6.39. The first-order valence-electron chi connectivity index (χ1n) is 14.5. The zero-order chi connectivity index (χ0) is 31.9. The molecule has 0 spiro atoms. The van der Waals surface area contributed by atoms with Crippen LogP contribution in [0.3, 0.4) is 0 Å². The lowest BCUT2D eigenvalue weighted by Crippen LogP contribution is -2.59. The van der Waals surface area contributed by atoms with Crippen LogP contribution >= 0.6 is 23.2 Å². The molecule has 0 radical (unpaired) electrons. The van der Waals surface area contributed by atoms with Crippen LogP contribution in [0.1, 0.15) is 23.7 Å². The van der Waals surface area contributed by atoms with Gasteiger partial charge >= 0.3 is 5.97 Å². The third kappa shape index (κ3) is 6.34. The lowest BCUT2D eigenvalue weighted by atomic mass is 9.96. The number of aliphatic hydroxyl groups is 1. The summed E-state index contributed by atoms with van der Waals surface area (Å²) in [7, 11) is 3.14. The van der Waals surface area contributed by atoms with Crippen molar-refractivity contribution in [2.24, 2.45) is 0 Å². The molecule has 0 aliphatic carbocycles. The number of pyridine rings is 1. The molecule has 10 nitrogen and oxygen atoms in total. The summed E-state index contributed by atoms with van der Waals surface area (Å²) in [5, 5.41) is 20.3. The summed E-state index contributed by atoms with van der Waals surface area (Å²) >= 11 is 14.1. The molecule has 234 valence electrons. The molecule has 6 rings (SSSR count). The van der Waals surface area contributed by atoms with E-state index < -0.39 is 11.6 Å². The molecule has 2 aromatic heterocycles. The Kier molecular flexibility index (Phi) is 8.69. The number of hydrogen-bond acceptors (Lipinski definition) is 9. The summed E-state index contributed by atoms with van der Waals surface area (Å²) < 4.78 is 11.2. The van der Waals surface area contributed by atoms with Crippen molar-refractivity contribution in [2.45, 2.75) is 32.0 Å². The maximum atomic E-state index is 11.3. The van der Waals surface area contributed by atoms with Gasteiger partial charge in [-0.2, -0.15) is 0 Å². The quantitative estimate of drug-likeness (QED) is 0.250. The van der Waals surface area contributed by atoms with Crippen LogP contribution < -0.4 is 9.47 Å². The molecule has 2 aliphatic heterocycles. The summed E-state index contributed by atoms with van der Waals surface area (Å²) in [6, 6.07) is 13.3. The molecular formula is C33H33Cl2N5O5. The summed E-state index contributed by atoms with van der Waals surface area (Å²) in [5.74, 6) is 0.0427. The predicted octanol–water partition coefficient (Wildman–Crippen LogP) is 5.21. The number of rotatable bonds is 9. The number of likely N-dealkylation sites (tertiary alicyclic amines) is 1. The number of halogens is 2. The van der Waals surface area contributed by atoms with Crippen LogP contribution in [0.2, 0.25) is 10.0 Å². The van der Waals surface area contributed by atoms with E-state index in [0.29, 0.717) is 100 Å². The first kappa shape index (κ1) is 31.2. The van der Waals surface area contributed by atoms with Crippen LogP contribution in [0, 0.1) is 0 Å². The van der Waals surface area contributed by atoms with Gasteiger partial charge in [0.05, 0.1) is 54.0 Å². The molecule has 12 heteroatoms. The molecule has 0 atom stereocenters. The molecule has 0 saturated carbocycles. The smallest absolute Gasteiger partial charge is 0.317 e. The molecule has 0 unspecified atom stereocenters. The molecule has 4 aromatic rings. The van der Waals surface area contributed by atoms with Crippen molar-refractivity contribution < 1.29 is 24.5 Å². The monoisotopic (exact) mass is 649 g/mol. The third-order valence-corrected chi connectivity index (χ3v) is 8.96. The van der Waals surface area contributed by atoms with Crippen molar-refractivity contribution in [1.29, 1.82) is 0 Å². The average Bonchev–Trinajstić information content (AvgIpc) is 3.00. The van der Waals surface area contributed by atoms with Crippen LogP contribution in [0.5, 0.6) is 11.8 Å². The first-order valence-corrected chi connectivity index (χ1v) is 15.3. The standard InChI is InChI=1S/C33H33Cl2N5O5/c1-33(43)17-40(18-33)15-27-32(45-3)38-26(13-36-27)24-9-5-7-22(30(24)35)21-6-4-8-23(29(21)34)25-12-19-14-39(16-28(41)42)11-10-20(19)31(37-25)44-2/h4-9,12-13,43H,10-11,14-18H2,1-3H3,(H,41,42). The van der Waals surface area contributed by atoms with Crippen molar-refractivity contribution in [3.63, 3.8) is 0 Å². The zero-order valence-corrected chi connectivity index (χ0v) is 26.7. The van der Waals surface area contributed by atoms with Crippen LogP contribution in [0.25, 0.3) is 33.6 Å². The minimum absolute atomic E-state index is 0.0366. The number of nitrogens with zero attached hydrogens (tertiary/aromatic N) is 5. The second kappa shape index (κ2) is 12.5. The van der Waals surface area contributed by atoms with Gasteiger partial charge in [0.1, 0.15) is 5.69 Å². The highest BCUT2D eigenvalue weighted by atomic mass is 35.5. The number of fused-ring (bicyclic) bond motifs is 1. The summed E-state index contributed by atoms with van der Waals surface area (Å²) in [6.07, 6.45) is 2.32. The molecule has 0 amide bonds. The minimum Gasteiger partial charge on any atom is -0.481 e. The third-order valence-electron chi connectivity index (χ3n) is 8.15. The van der Waals surface area contributed by atoms with E-state index in [9.17, 15) is 15.0 Å². The summed E-state index contributed by atoms with van der Waals surface area (Å²) in [4.78, 5) is 29.4. The number of ether oxygens (including phenoxy) is 2. The molecule has 4 heterocycles. The number of carbonyl (C=O) groups is 1. The number of hydrogen-bond donors (Lipinski definition) is 2. The van der Waals surface area contributed by atoms with E-state index in [4.69, 9.17) is 42.6 Å². The molecular weight excluding hydrogens is 617 g/mol. The molecule has 2 N–H and O–H groups in total. The van der Waals surface area contributed by atoms with E-state index in [0.717, 1.165) is 11.1 Å². The van der Waals surface area contributed by atoms with Gasteiger partial charge in [-0.3, -0.25) is 19.6 Å². The van der Waals surface area contributed by atoms with Gasteiger partial charge in [0.2, 0.25) is 11.8 Å². The Labute approximate surface area is 271 Å². The van der Waals surface area contributed by atoms with E-state index in [1.54, 1.807) is 20.4 Å². The van der Waals surface area contributed by atoms with E-state index in [1.807, 2.05) is 54.3 Å². The van der Waals surface area contributed by atoms with Crippen molar-refractivity contribution in [3.8, 4) is 45.4 Å².